The molecule has 3 N–H and O–H groups in total. The second-order valence-corrected chi connectivity index (χ2v) is 11.0. The summed E-state index contributed by atoms with van der Waals surface area (Å²) in [4.78, 5) is 40.4. The maximum absolute atomic E-state index is 14.7. The Bertz CT molecular complexity index is 1630. The number of alkyl halides is 1. The first kappa shape index (κ1) is 28.4. The van der Waals surface area contributed by atoms with Gasteiger partial charge in [-0.1, -0.05) is 36.4 Å². The van der Waals surface area contributed by atoms with E-state index in [-0.39, 0.29) is 37.4 Å². The molecule has 1 saturated carbocycles. The highest BCUT2D eigenvalue weighted by Gasteiger charge is 2.41. The number of nitrogens with zero attached hydrogens (tertiary/aromatic N) is 5. The van der Waals surface area contributed by atoms with Gasteiger partial charge >= 0.3 is 0 Å². The van der Waals surface area contributed by atoms with E-state index in [1.54, 1.807) is 30.6 Å². The van der Waals surface area contributed by atoms with E-state index in [9.17, 15) is 18.8 Å². The van der Waals surface area contributed by atoms with E-state index in [4.69, 9.17) is 10.5 Å². The van der Waals surface area contributed by atoms with Gasteiger partial charge in [0, 0.05) is 17.4 Å². The van der Waals surface area contributed by atoms with Crippen molar-refractivity contribution in [2.75, 3.05) is 6.54 Å². The first-order valence-corrected chi connectivity index (χ1v) is 14.3. The van der Waals surface area contributed by atoms with Crippen LogP contribution in [-0.4, -0.2) is 73.5 Å². The van der Waals surface area contributed by atoms with Crippen molar-refractivity contribution in [1.82, 2.24) is 30.2 Å². The number of nitrogens with one attached hydrogen (secondary N) is 1. The molecule has 6 rings (SSSR count). The van der Waals surface area contributed by atoms with E-state index in [1.165, 1.54) is 9.58 Å². The van der Waals surface area contributed by atoms with E-state index >= 15 is 0 Å². The number of nitrogens with two attached hydrogens (primary N) is 1. The molecule has 2 aromatic heterocycles. The summed E-state index contributed by atoms with van der Waals surface area (Å²) >= 11 is 0. The van der Waals surface area contributed by atoms with Gasteiger partial charge in [0.05, 0.1) is 43.2 Å². The summed E-state index contributed by atoms with van der Waals surface area (Å²) in [6.07, 6.45) is 4.03. The standard InChI is InChI=1S/C31H32FN7O4/c32-22-14-26(31(42)36-24-7-4-8-27(24)43-18-19-5-2-1-3-6-19)38(16-22)28(40)17-39-25-10-9-20(21-11-12-34-35-15-21)13-23(25)29(37-39)30(33)41/h1-3,5-6,9-13,15,22,24,26-27H,4,7-8,14,16-18H2,(H2,33,41)(H,36,42)/t22-,24-,26+,27+/m1/s1. The SMILES string of the molecule is NC(=O)c1nn(CC(=O)N2C[C@H](F)C[C@H]2C(=O)N[C@@H]2CCC[C@@H]2OCc2ccccc2)c2ccc(-c3ccnnc3)cc12. The van der Waals surface area contributed by atoms with Crippen LogP contribution in [-0.2, 0) is 27.5 Å². The zero-order valence-electron chi connectivity index (χ0n) is 23.4. The van der Waals surface area contributed by atoms with Crippen molar-refractivity contribution in [3.05, 3.63) is 78.2 Å². The fraction of sp³-hybridized carbons (Fsp3) is 0.355. The highest BCUT2D eigenvalue weighted by molar-refractivity contribution is 6.05. The van der Waals surface area contributed by atoms with E-state index < -0.39 is 29.9 Å². The summed E-state index contributed by atoms with van der Waals surface area (Å²) in [5, 5.41) is 15.5. The van der Waals surface area contributed by atoms with Crippen molar-refractivity contribution in [3.63, 3.8) is 0 Å². The maximum atomic E-state index is 14.7. The Kier molecular flexibility index (Phi) is 8.10. The van der Waals surface area contributed by atoms with Crippen molar-refractivity contribution in [2.24, 2.45) is 5.73 Å². The van der Waals surface area contributed by atoms with Crippen molar-refractivity contribution >= 4 is 28.6 Å². The van der Waals surface area contributed by atoms with Crippen LogP contribution in [0.3, 0.4) is 0 Å². The Morgan fingerprint density at radius 2 is 1.88 bits per heavy atom. The van der Waals surface area contributed by atoms with E-state index in [1.807, 2.05) is 36.4 Å². The van der Waals surface area contributed by atoms with Crippen LogP contribution in [0.4, 0.5) is 4.39 Å². The number of carbonyl (C=O) groups is 3. The predicted molar refractivity (Wildman–Crippen MR) is 155 cm³/mol. The van der Waals surface area contributed by atoms with E-state index in [0.29, 0.717) is 17.5 Å². The molecule has 0 bridgehead atoms. The number of aromatic nitrogens is 4. The Balaban J connectivity index is 1.16. The summed E-state index contributed by atoms with van der Waals surface area (Å²) in [7, 11) is 0. The van der Waals surface area contributed by atoms with Crippen molar-refractivity contribution in [2.45, 2.75) is 63.2 Å². The van der Waals surface area contributed by atoms with Crippen molar-refractivity contribution in [1.29, 1.82) is 0 Å². The molecule has 1 aliphatic heterocycles. The van der Waals surface area contributed by atoms with Crippen LogP contribution in [0.2, 0.25) is 0 Å². The van der Waals surface area contributed by atoms with Gasteiger partial charge in [0.25, 0.3) is 5.91 Å². The molecule has 0 spiro atoms. The average molecular weight is 586 g/mol. The smallest absolute Gasteiger partial charge is 0.269 e. The number of rotatable bonds is 9. The van der Waals surface area contributed by atoms with Crippen LogP contribution in [0.15, 0.2) is 67.0 Å². The molecular weight excluding hydrogens is 553 g/mol. The average Bonchev–Trinajstić information content (AvgIpc) is 3.74. The minimum absolute atomic E-state index is 0.00789. The molecule has 43 heavy (non-hydrogen) atoms. The summed E-state index contributed by atoms with van der Waals surface area (Å²) in [5.41, 5.74) is 8.73. The van der Waals surface area contributed by atoms with Crippen LogP contribution in [0.25, 0.3) is 22.0 Å². The lowest BCUT2D eigenvalue weighted by molar-refractivity contribution is -0.139. The van der Waals surface area contributed by atoms with Crippen LogP contribution in [0.1, 0.15) is 41.7 Å². The lowest BCUT2D eigenvalue weighted by Crippen LogP contribution is -2.51. The molecule has 0 unspecified atom stereocenters. The number of likely N-dealkylation sites (tertiary alicyclic amines) is 1. The van der Waals surface area contributed by atoms with Crippen LogP contribution in [0.5, 0.6) is 0 Å². The van der Waals surface area contributed by atoms with Gasteiger partial charge in [0.15, 0.2) is 5.69 Å². The van der Waals surface area contributed by atoms with Gasteiger partial charge in [0.1, 0.15) is 18.8 Å². The molecule has 12 heteroatoms. The molecule has 3 heterocycles. The third-order valence-electron chi connectivity index (χ3n) is 8.15. The Hall–Kier alpha value is -4.71. The fourth-order valence-corrected chi connectivity index (χ4v) is 6.00. The Labute approximate surface area is 247 Å². The summed E-state index contributed by atoms with van der Waals surface area (Å²) in [5.74, 6) is -1.62. The molecule has 0 radical (unpaired) electrons. The molecule has 1 saturated heterocycles. The predicted octanol–water partition coefficient (Wildman–Crippen LogP) is 2.79. The van der Waals surface area contributed by atoms with Gasteiger partial charge in [-0.25, -0.2) is 4.39 Å². The number of ether oxygens (including phenoxy) is 1. The van der Waals surface area contributed by atoms with Gasteiger partial charge in [0.2, 0.25) is 11.8 Å². The topological polar surface area (TPSA) is 145 Å². The molecule has 2 aromatic carbocycles. The number of benzene rings is 2. The molecule has 3 amide bonds. The highest BCUT2D eigenvalue weighted by atomic mass is 19.1. The largest absolute Gasteiger partial charge is 0.371 e. The normalized spacial score (nSPS) is 21.7. The van der Waals surface area contributed by atoms with Crippen LogP contribution in [0, 0.1) is 0 Å². The monoisotopic (exact) mass is 585 g/mol. The van der Waals surface area contributed by atoms with Crippen molar-refractivity contribution < 1.29 is 23.5 Å². The Morgan fingerprint density at radius 1 is 1.05 bits per heavy atom. The zero-order chi connectivity index (χ0) is 29.9. The quantitative estimate of drug-likeness (QED) is 0.307. The third kappa shape index (κ3) is 6.09. The fourth-order valence-electron chi connectivity index (χ4n) is 6.00. The van der Waals surface area contributed by atoms with Crippen molar-refractivity contribution in [3.8, 4) is 11.1 Å². The highest BCUT2D eigenvalue weighted by Crippen LogP contribution is 2.28. The summed E-state index contributed by atoms with van der Waals surface area (Å²) < 4.78 is 22.1. The number of halogens is 1. The molecular formula is C31H32FN7O4. The minimum atomic E-state index is -1.33. The van der Waals surface area contributed by atoms with Gasteiger partial charge in [-0.2, -0.15) is 15.3 Å². The number of carbonyl (C=O) groups excluding carboxylic acids is 3. The van der Waals surface area contributed by atoms with Crippen LogP contribution >= 0.6 is 0 Å². The molecule has 2 fully saturated rings. The third-order valence-corrected chi connectivity index (χ3v) is 8.15. The summed E-state index contributed by atoms with van der Waals surface area (Å²) in [6.45, 7) is -0.0518. The zero-order valence-corrected chi connectivity index (χ0v) is 23.4. The Morgan fingerprint density at radius 3 is 2.65 bits per heavy atom. The second-order valence-electron chi connectivity index (χ2n) is 11.0. The number of fused-ring (bicyclic) bond motifs is 1. The number of hydrogen-bond acceptors (Lipinski definition) is 7. The molecule has 2 aliphatic rings. The lowest BCUT2D eigenvalue weighted by Gasteiger charge is -2.27. The molecule has 4 aromatic rings. The molecule has 222 valence electrons. The molecule has 4 atom stereocenters. The molecule has 1 aliphatic carbocycles. The van der Waals surface area contributed by atoms with Gasteiger partial charge in [-0.15, -0.1) is 0 Å². The van der Waals surface area contributed by atoms with Gasteiger partial charge in [-0.05, 0) is 48.6 Å². The number of amides is 3. The molecule has 11 nitrogen and oxygen atoms in total. The first-order valence-electron chi connectivity index (χ1n) is 14.3. The first-order chi connectivity index (χ1) is 20.9. The second kappa shape index (κ2) is 12.3. The minimum Gasteiger partial charge on any atom is -0.371 e. The van der Waals surface area contributed by atoms with Gasteiger partial charge < -0.3 is 20.7 Å². The number of hydrogen-bond donors (Lipinski definition) is 2. The lowest BCUT2D eigenvalue weighted by atomic mass is 10.0. The van der Waals surface area contributed by atoms with E-state index in [2.05, 4.69) is 20.6 Å². The maximum Gasteiger partial charge on any atom is 0.269 e. The van der Waals surface area contributed by atoms with Gasteiger partial charge in [-0.3, -0.25) is 19.1 Å². The number of primary amides is 1. The van der Waals surface area contributed by atoms with E-state index in [0.717, 1.165) is 36.0 Å². The van der Waals surface area contributed by atoms with Crippen LogP contribution < -0.4 is 11.1 Å². The summed E-state index contributed by atoms with van der Waals surface area (Å²) in [6, 6.07) is 15.7.